The van der Waals surface area contributed by atoms with Crippen LogP contribution in [0.15, 0.2) is 132 Å². The van der Waals surface area contributed by atoms with Crippen LogP contribution in [-0.2, 0) is 0 Å². The highest BCUT2D eigenvalue weighted by molar-refractivity contribution is 7.26. The normalized spacial score (nSPS) is 12.2. The summed E-state index contributed by atoms with van der Waals surface area (Å²) in [5.41, 5.74) is 7.39. The molecule has 4 aromatic heterocycles. The number of thiophene rings is 1. The van der Waals surface area contributed by atoms with Crippen LogP contribution >= 0.6 is 11.3 Å². The average molecular weight is 568 g/mol. The molecule has 0 bridgehead atoms. The van der Waals surface area contributed by atoms with E-state index in [4.69, 9.17) is 14.4 Å². The quantitative estimate of drug-likeness (QED) is 0.209. The number of rotatable bonds is 2. The van der Waals surface area contributed by atoms with Crippen LogP contribution in [0.1, 0.15) is 0 Å². The van der Waals surface area contributed by atoms with E-state index in [9.17, 15) is 0 Å². The van der Waals surface area contributed by atoms with Crippen molar-refractivity contribution in [2.24, 2.45) is 0 Å². The molecule has 200 valence electrons. The van der Waals surface area contributed by atoms with Crippen molar-refractivity contribution in [1.29, 1.82) is 0 Å². The fourth-order valence-electron chi connectivity index (χ4n) is 6.68. The number of aromatic nitrogens is 3. The van der Waals surface area contributed by atoms with Gasteiger partial charge in [0.15, 0.2) is 0 Å². The lowest BCUT2D eigenvalue weighted by molar-refractivity contribution is 0.654. The summed E-state index contributed by atoms with van der Waals surface area (Å²) >= 11 is 1.88. The molecule has 0 aliphatic heterocycles. The van der Waals surface area contributed by atoms with Crippen LogP contribution in [-0.4, -0.2) is 14.5 Å². The molecule has 10 rings (SSSR count). The summed E-state index contributed by atoms with van der Waals surface area (Å²) in [6, 6.07) is 43.0. The zero-order valence-electron chi connectivity index (χ0n) is 22.8. The number of benzene rings is 6. The summed E-state index contributed by atoms with van der Waals surface area (Å²) in [5.74, 6) is 0. The van der Waals surface area contributed by atoms with Crippen LogP contribution in [0.4, 0.5) is 0 Å². The van der Waals surface area contributed by atoms with Gasteiger partial charge in [-0.2, -0.15) is 0 Å². The Morgan fingerprint density at radius 1 is 0.628 bits per heavy atom. The van der Waals surface area contributed by atoms with E-state index in [0.717, 1.165) is 44.2 Å². The molecule has 4 nitrogen and oxygen atoms in total. The van der Waals surface area contributed by atoms with Crippen molar-refractivity contribution in [2.75, 3.05) is 0 Å². The smallest absolute Gasteiger partial charge is 0.246 e. The van der Waals surface area contributed by atoms with Crippen molar-refractivity contribution in [3.05, 3.63) is 128 Å². The van der Waals surface area contributed by atoms with Gasteiger partial charge in [0.2, 0.25) is 5.71 Å². The van der Waals surface area contributed by atoms with Gasteiger partial charge in [0.1, 0.15) is 11.1 Å². The number of para-hydroxylation sites is 1. The second kappa shape index (κ2) is 8.51. The summed E-state index contributed by atoms with van der Waals surface area (Å²) < 4.78 is 11.2. The first-order valence-electron chi connectivity index (χ1n) is 14.3. The van der Waals surface area contributed by atoms with Gasteiger partial charge in [0, 0.05) is 47.6 Å². The van der Waals surface area contributed by atoms with E-state index in [2.05, 4.69) is 120 Å². The van der Waals surface area contributed by atoms with Crippen molar-refractivity contribution in [1.82, 2.24) is 14.5 Å². The number of hydrogen-bond donors (Lipinski definition) is 0. The summed E-state index contributed by atoms with van der Waals surface area (Å²) in [5, 5.41) is 8.48. The zero-order valence-corrected chi connectivity index (χ0v) is 23.6. The van der Waals surface area contributed by atoms with Crippen molar-refractivity contribution in [2.45, 2.75) is 0 Å². The fraction of sp³-hybridized carbons (Fsp3) is 0. The monoisotopic (exact) mass is 567 g/mol. The van der Waals surface area contributed by atoms with E-state index < -0.39 is 0 Å². The molecule has 0 fully saturated rings. The summed E-state index contributed by atoms with van der Waals surface area (Å²) in [4.78, 5) is 9.79. The molecule has 0 radical (unpaired) electrons. The molecule has 0 amide bonds. The van der Waals surface area contributed by atoms with Crippen molar-refractivity contribution in [3.8, 4) is 16.9 Å². The highest BCUT2D eigenvalue weighted by atomic mass is 32.1. The lowest BCUT2D eigenvalue weighted by atomic mass is 10.1. The second-order valence-corrected chi connectivity index (χ2v) is 12.1. The van der Waals surface area contributed by atoms with Crippen LogP contribution < -0.4 is 0 Å². The Kier molecular flexibility index (Phi) is 4.57. The van der Waals surface area contributed by atoms with Gasteiger partial charge in [-0.15, -0.1) is 11.3 Å². The first-order valence-corrected chi connectivity index (χ1v) is 15.1. The molecule has 0 saturated heterocycles. The minimum atomic E-state index is 0.553. The minimum Gasteiger partial charge on any atom is -0.436 e. The molecule has 0 aliphatic carbocycles. The van der Waals surface area contributed by atoms with Crippen LogP contribution in [0, 0.1) is 0 Å². The average Bonchev–Trinajstić information content (AvgIpc) is 3.72. The van der Waals surface area contributed by atoms with Crippen molar-refractivity contribution in [3.63, 3.8) is 0 Å². The van der Waals surface area contributed by atoms with E-state index in [1.165, 1.54) is 42.0 Å². The highest BCUT2D eigenvalue weighted by Gasteiger charge is 2.18. The van der Waals surface area contributed by atoms with Crippen LogP contribution in [0.5, 0.6) is 0 Å². The third-order valence-electron chi connectivity index (χ3n) is 8.63. The Bertz CT molecular complexity index is 2750. The van der Waals surface area contributed by atoms with Crippen molar-refractivity contribution >= 4 is 86.3 Å². The van der Waals surface area contributed by atoms with Gasteiger partial charge in [-0.25, -0.2) is 9.97 Å². The second-order valence-electron chi connectivity index (χ2n) is 11.0. The molecule has 0 saturated carbocycles. The molecule has 43 heavy (non-hydrogen) atoms. The van der Waals surface area contributed by atoms with Gasteiger partial charge >= 0.3 is 0 Å². The highest BCUT2D eigenvalue weighted by Crippen LogP contribution is 2.43. The largest absolute Gasteiger partial charge is 0.436 e. The molecule has 10 aromatic rings. The minimum absolute atomic E-state index is 0.553. The number of nitrogens with zero attached hydrogens (tertiary/aromatic N) is 3. The van der Waals surface area contributed by atoms with Gasteiger partial charge < -0.3 is 8.98 Å². The Morgan fingerprint density at radius 3 is 2.37 bits per heavy atom. The Morgan fingerprint density at radius 2 is 1.44 bits per heavy atom. The first-order chi connectivity index (χ1) is 21.3. The summed E-state index contributed by atoms with van der Waals surface area (Å²) in [6.07, 6.45) is 1.86. The van der Waals surface area contributed by atoms with E-state index in [0.29, 0.717) is 5.71 Å². The predicted molar refractivity (Wildman–Crippen MR) is 179 cm³/mol. The van der Waals surface area contributed by atoms with Crippen LogP contribution in [0.3, 0.4) is 0 Å². The molecular weight excluding hydrogens is 547 g/mol. The molecule has 0 aliphatic rings. The fourth-order valence-corrected chi connectivity index (χ4v) is 7.94. The SMILES string of the molecule is c1cc(-c2cnc3c(n2)oc2cc4ccccc4cc23)cc(-n2c3ccccc3c3c4sc5ccccc5c4ccc32)c1. The molecule has 0 atom stereocenters. The summed E-state index contributed by atoms with van der Waals surface area (Å²) in [7, 11) is 0. The topological polar surface area (TPSA) is 43.9 Å². The molecular formula is C38H21N3OS. The van der Waals surface area contributed by atoms with Gasteiger partial charge in [-0.1, -0.05) is 78.9 Å². The Hall–Kier alpha value is -5.52. The maximum Gasteiger partial charge on any atom is 0.246 e. The van der Waals surface area contributed by atoms with Crippen LogP contribution in [0.25, 0.3) is 91.9 Å². The Balaban J connectivity index is 1.18. The van der Waals surface area contributed by atoms with Gasteiger partial charge in [-0.05, 0) is 53.2 Å². The molecule has 5 heteroatoms. The molecule has 4 heterocycles. The van der Waals surface area contributed by atoms with Gasteiger partial charge in [0.05, 0.1) is 22.9 Å². The molecule has 0 N–H and O–H groups in total. The van der Waals surface area contributed by atoms with E-state index in [1.54, 1.807) is 0 Å². The third-order valence-corrected chi connectivity index (χ3v) is 9.83. The van der Waals surface area contributed by atoms with E-state index in [1.807, 2.05) is 23.6 Å². The van der Waals surface area contributed by atoms with Gasteiger partial charge in [0.25, 0.3) is 0 Å². The summed E-state index contributed by atoms with van der Waals surface area (Å²) in [6.45, 7) is 0. The molecule has 6 aromatic carbocycles. The van der Waals surface area contributed by atoms with Gasteiger partial charge in [-0.3, -0.25) is 0 Å². The number of hydrogen-bond acceptors (Lipinski definition) is 4. The Labute approximate surface area is 249 Å². The molecule has 0 spiro atoms. The van der Waals surface area contributed by atoms with E-state index >= 15 is 0 Å². The van der Waals surface area contributed by atoms with Crippen molar-refractivity contribution < 1.29 is 4.42 Å². The molecule has 0 unspecified atom stereocenters. The zero-order chi connectivity index (χ0) is 28.1. The maximum absolute atomic E-state index is 6.23. The standard InChI is InChI=1S/C38H21N3OS/c1-2-9-23-20-33-29(19-22(23)8-1)36-38(42-33)40-30(21-39-36)24-10-7-11-25(18-24)41-31-14-5-3-13-28(31)35-32(41)17-16-27-26-12-4-6-15-34(26)43-37(27)35/h1-21H. The number of fused-ring (bicyclic) bond motifs is 11. The lowest BCUT2D eigenvalue weighted by Gasteiger charge is -2.10. The first kappa shape index (κ1) is 23.1. The lowest BCUT2D eigenvalue weighted by Crippen LogP contribution is -1.95. The third kappa shape index (κ3) is 3.25. The maximum atomic E-state index is 6.23. The predicted octanol–water partition coefficient (Wildman–Crippen LogP) is 10.7. The van der Waals surface area contributed by atoms with E-state index in [-0.39, 0.29) is 0 Å². The number of furan rings is 1. The van der Waals surface area contributed by atoms with Crippen LogP contribution in [0.2, 0.25) is 0 Å².